The molecular formula is C11H15N3S. The molecule has 2 aromatic heterocycles. The van der Waals surface area contributed by atoms with Gasteiger partial charge in [-0.1, -0.05) is 0 Å². The normalized spacial score (nSPS) is 12.2. The van der Waals surface area contributed by atoms with Gasteiger partial charge in [-0.05, 0) is 26.3 Å². The lowest BCUT2D eigenvalue weighted by atomic mass is 10.0. The van der Waals surface area contributed by atoms with Gasteiger partial charge in [0.2, 0.25) is 0 Å². The average Bonchev–Trinajstić information content (AvgIpc) is 2.56. The lowest BCUT2D eigenvalue weighted by molar-refractivity contribution is 0.476. The fourth-order valence-electron chi connectivity index (χ4n) is 1.36. The number of pyridine rings is 1. The van der Waals surface area contributed by atoms with Crippen LogP contribution < -0.4 is 5.73 Å². The van der Waals surface area contributed by atoms with E-state index in [0.29, 0.717) is 0 Å². The minimum Gasteiger partial charge on any atom is -0.326 e. The van der Waals surface area contributed by atoms with E-state index < -0.39 is 0 Å². The molecule has 0 amide bonds. The van der Waals surface area contributed by atoms with E-state index in [1.807, 2.05) is 26.1 Å². The Labute approximate surface area is 93.4 Å². The van der Waals surface area contributed by atoms with Crippen LogP contribution in [0.15, 0.2) is 18.5 Å². The van der Waals surface area contributed by atoms with E-state index in [0.717, 1.165) is 23.4 Å². The minimum absolute atomic E-state index is 0.115. The molecule has 0 radical (unpaired) electrons. The number of thiazole rings is 1. The van der Waals surface area contributed by atoms with Gasteiger partial charge >= 0.3 is 0 Å². The fourth-order valence-corrected chi connectivity index (χ4v) is 2.30. The van der Waals surface area contributed by atoms with E-state index in [2.05, 4.69) is 9.97 Å². The first kappa shape index (κ1) is 10.5. The van der Waals surface area contributed by atoms with Crippen molar-refractivity contribution < 1.29 is 0 Å². The van der Waals surface area contributed by atoms with Gasteiger partial charge in [-0.2, -0.15) is 0 Å². The summed E-state index contributed by atoms with van der Waals surface area (Å²) in [5.41, 5.74) is 6.82. The molecule has 0 aliphatic carbocycles. The molecule has 3 nitrogen and oxygen atoms in total. The molecule has 0 aromatic carbocycles. The quantitative estimate of drug-likeness (QED) is 0.865. The molecule has 0 unspecified atom stereocenters. The van der Waals surface area contributed by atoms with Gasteiger partial charge in [0.05, 0.1) is 21.4 Å². The molecule has 0 saturated carbocycles. The maximum absolute atomic E-state index is 5.94. The molecule has 15 heavy (non-hydrogen) atoms. The Morgan fingerprint density at radius 3 is 2.93 bits per heavy atom. The van der Waals surface area contributed by atoms with Crippen LogP contribution in [0.5, 0.6) is 0 Å². The first-order chi connectivity index (χ1) is 7.04. The summed E-state index contributed by atoms with van der Waals surface area (Å²) < 4.78 is 1.20. The molecule has 0 saturated heterocycles. The number of fused-ring (bicyclic) bond motifs is 1. The second-order valence-corrected chi connectivity index (χ2v) is 5.55. The third-order valence-corrected chi connectivity index (χ3v) is 3.31. The van der Waals surface area contributed by atoms with E-state index in [1.54, 1.807) is 17.5 Å². The summed E-state index contributed by atoms with van der Waals surface area (Å²) in [4.78, 5) is 8.57. The van der Waals surface area contributed by atoms with Gasteiger partial charge in [-0.3, -0.25) is 4.98 Å². The predicted octanol–water partition coefficient (Wildman–Crippen LogP) is 2.36. The molecule has 0 spiro atoms. The Kier molecular flexibility index (Phi) is 2.71. The molecule has 2 heterocycles. The SMILES string of the molecule is CC(C)(N)CCc1nc2cnccc2s1. The van der Waals surface area contributed by atoms with E-state index in [-0.39, 0.29) is 5.54 Å². The van der Waals surface area contributed by atoms with Gasteiger partial charge in [-0.25, -0.2) is 4.98 Å². The van der Waals surface area contributed by atoms with Crippen molar-refractivity contribution in [2.24, 2.45) is 5.73 Å². The summed E-state index contributed by atoms with van der Waals surface area (Å²) in [6.07, 6.45) is 5.52. The number of rotatable bonds is 3. The molecule has 0 fully saturated rings. The van der Waals surface area contributed by atoms with Crippen LogP contribution in [0.25, 0.3) is 10.2 Å². The third kappa shape index (κ3) is 2.73. The molecular weight excluding hydrogens is 206 g/mol. The zero-order chi connectivity index (χ0) is 10.9. The van der Waals surface area contributed by atoms with Gasteiger partial charge in [0.25, 0.3) is 0 Å². The highest BCUT2D eigenvalue weighted by atomic mass is 32.1. The van der Waals surface area contributed by atoms with Crippen LogP contribution in [0.2, 0.25) is 0 Å². The van der Waals surface area contributed by atoms with Crippen molar-refractivity contribution in [3.05, 3.63) is 23.5 Å². The van der Waals surface area contributed by atoms with Crippen LogP contribution in [0, 0.1) is 0 Å². The van der Waals surface area contributed by atoms with Crippen LogP contribution in [0.4, 0.5) is 0 Å². The molecule has 0 bridgehead atoms. The van der Waals surface area contributed by atoms with Crippen molar-refractivity contribution in [3.63, 3.8) is 0 Å². The smallest absolute Gasteiger partial charge is 0.0998 e. The molecule has 0 aliphatic rings. The minimum atomic E-state index is -0.115. The summed E-state index contributed by atoms with van der Waals surface area (Å²) >= 11 is 1.73. The monoisotopic (exact) mass is 221 g/mol. The summed E-state index contributed by atoms with van der Waals surface area (Å²) in [7, 11) is 0. The molecule has 4 heteroatoms. The topological polar surface area (TPSA) is 51.8 Å². The Balaban J connectivity index is 2.16. The van der Waals surface area contributed by atoms with Crippen LogP contribution >= 0.6 is 11.3 Å². The first-order valence-corrected chi connectivity index (χ1v) is 5.84. The van der Waals surface area contributed by atoms with Gasteiger partial charge in [-0.15, -0.1) is 11.3 Å². The van der Waals surface area contributed by atoms with Crippen molar-refractivity contribution in [1.29, 1.82) is 0 Å². The Morgan fingerprint density at radius 1 is 1.47 bits per heavy atom. The maximum Gasteiger partial charge on any atom is 0.0998 e. The number of hydrogen-bond acceptors (Lipinski definition) is 4. The standard InChI is InChI=1S/C11H15N3S/c1-11(2,12)5-3-10-14-8-7-13-6-4-9(8)15-10/h4,6-7H,3,5,12H2,1-2H3. The van der Waals surface area contributed by atoms with Gasteiger partial charge in [0, 0.05) is 18.2 Å². The Bertz CT molecular complexity index is 423. The van der Waals surface area contributed by atoms with Crippen molar-refractivity contribution in [1.82, 2.24) is 9.97 Å². The van der Waals surface area contributed by atoms with Gasteiger partial charge < -0.3 is 5.73 Å². The maximum atomic E-state index is 5.94. The highest BCUT2D eigenvalue weighted by Crippen LogP contribution is 2.22. The first-order valence-electron chi connectivity index (χ1n) is 5.03. The van der Waals surface area contributed by atoms with Crippen molar-refractivity contribution >= 4 is 21.6 Å². The van der Waals surface area contributed by atoms with E-state index in [9.17, 15) is 0 Å². The van der Waals surface area contributed by atoms with Crippen molar-refractivity contribution in [2.75, 3.05) is 0 Å². The fraction of sp³-hybridized carbons (Fsp3) is 0.455. The van der Waals surface area contributed by atoms with Crippen LogP contribution in [-0.2, 0) is 6.42 Å². The van der Waals surface area contributed by atoms with Crippen molar-refractivity contribution in [2.45, 2.75) is 32.2 Å². The average molecular weight is 221 g/mol. The summed E-state index contributed by atoms with van der Waals surface area (Å²) in [5.74, 6) is 0. The molecule has 0 atom stereocenters. The highest BCUT2D eigenvalue weighted by molar-refractivity contribution is 7.18. The summed E-state index contributed by atoms with van der Waals surface area (Å²) in [6, 6.07) is 2.00. The molecule has 2 rings (SSSR count). The Hall–Kier alpha value is -1.00. The van der Waals surface area contributed by atoms with Crippen LogP contribution in [-0.4, -0.2) is 15.5 Å². The molecule has 2 aromatic rings. The Morgan fingerprint density at radius 2 is 2.27 bits per heavy atom. The zero-order valence-electron chi connectivity index (χ0n) is 9.03. The predicted molar refractivity (Wildman–Crippen MR) is 64.0 cm³/mol. The number of aryl methyl sites for hydroxylation is 1. The lowest BCUT2D eigenvalue weighted by Crippen LogP contribution is -2.32. The largest absolute Gasteiger partial charge is 0.326 e. The second kappa shape index (κ2) is 3.87. The summed E-state index contributed by atoms with van der Waals surface area (Å²) in [6.45, 7) is 4.09. The van der Waals surface area contributed by atoms with Crippen LogP contribution in [0.1, 0.15) is 25.3 Å². The molecule has 0 aliphatic heterocycles. The number of nitrogens with two attached hydrogens (primary N) is 1. The van der Waals surface area contributed by atoms with E-state index in [1.165, 1.54) is 4.70 Å². The van der Waals surface area contributed by atoms with E-state index >= 15 is 0 Å². The number of nitrogens with zero attached hydrogens (tertiary/aromatic N) is 2. The van der Waals surface area contributed by atoms with Gasteiger partial charge in [0.15, 0.2) is 0 Å². The van der Waals surface area contributed by atoms with Crippen molar-refractivity contribution in [3.8, 4) is 0 Å². The number of aromatic nitrogens is 2. The number of hydrogen-bond donors (Lipinski definition) is 1. The molecule has 2 N–H and O–H groups in total. The van der Waals surface area contributed by atoms with Crippen LogP contribution in [0.3, 0.4) is 0 Å². The zero-order valence-corrected chi connectivity index (χ0v) is 9.84. The molecule has 80 valence electrons. The summed E-state index contributed by atoms with van der Waals surface area (Å²) in [5, 5.41) is 1.15. The third-order valence-electron chi connectivity index (χ3n) is 2.22. The van der Waals surface area contributed by atoms with Gasteiger partial charge in [0.1, 0.15) is 0 Å². The highest BCUT2D eigenvalue weighted by Gasteiger charge is 2.12. The lowest BCUT2D eigenvalue weighted by Gasteiger charge is -2.16. The van der Waals surface area contributed by atoms with E-state index in [4.69, 9.17) is 5.73 Å². The second-order valence-electron chi connectivity index (χ2n) is 4.44.